The number of carbonyl (C=O) groups excluding carboxylic acids is 1. The van der Waals surface area contributed by atoms with E-state index in [1.165, 1.54) is 0 Å². The molecule has 0 unspecified atom stereocenters. The number of amides is 1. The van der Waals surface area contributed by atoms with Crippen LogP contribution in [0.2, 0.25) is 0 Å². The van der Waals surface area contributed by atoms with Gasteiger partial charge in [0.25, 0.3) is 5.91 Å². The van der Waals surface area contributed by atoms with E-state index >= 15 is 0 Å². The number of aromatic nitrogens is 3. The molecule has 1 amide bonds. The van der Waals surface area contributed by atoms with Crippen molar-refractivity contribution < 1.29 is 14.3 Å². The SMILES string of the molecule is CCSc1cc(Nc2cccc3c2OCCO3)nn2c(C(=O)NC3CC3)cnc12. The molecule has 0 saturated heterocycles. The smallest absolute Gasteiger partial charge is 0.271 e. The number of nitrogens with zero attached hydrogens (tertiary/aromatic N) is 3. The highest BCUT2D eigenvalue weighted by atomic mass is 32.2. The third kappa shape index (κ3) is 3.57. The number of fused-ring (bicyclic) bond motifs is 2. The van der Waals surface area contributed by atoms with Crippen LogP contribution in [0.15, 0.2) is 35.4 Å². The quantitative estimate of drug-likeness (QED) is 0.602. The third-order valence-electron chi connectivity index (χ3n) is 4.71. The van der Waals surface area contributed by atoms with Gasteiger partial charge in [-0.05, 0) is 36.8 Å². The second kappa shape index (κ2) is 7.47. The monoisotopic (exact) mass is 411 g/mol. The Balaban J connectivity index is 1.54. The Morgan fingerprint density at radius 3 is 3.00 bits per heavy atom. The maximum Gasteiger partial charge on any atom is 0.271 e. The lowest BCUT2D eigenvalue weighted by molar-refractivity contribution is 0.0944. The molecular weight excluding hydrogens is 390 g/mol. The highest BCUT2D eigenvalue weighted by molar-refractivity contribution is 7.99. The van der Waals surface area contributed by atoms with Gasteiger partial charge in [-0.3, -0.25) is 4.79 Å². The summed E-state index contributed by atoms with van der Waals surface area (Å²) < 4.78 is 13.1. The molecule has 1 aliphatic carbocycles. The first kappa shape index (κ1) is 18.1. The highest BCUT2D eigenvalue weighted by Gasteiger charge is 2.26. The van der Waals surface area contributed by atoms with E-state index in [4.69, 9.17) is 9.47 Å². The van der Waals surface area contributed by atoms with Gasteiger partial charge in [-0.15, -0.1) is 16.9 Å². The number of imidazole rings is 1. The fourth-order valence-electron chi connectivity index (χ4n) is 3.22. The van der Waals surface area contributed by atoms with Crippen molar-refractivity contribution in [1.29, 1.82) is 0 Å². The lowest BCUT2D eigenvalue weighted by Gasteiger charge is -2.21. The minimum absolute atomic E-state index is 0.147. The van der Waals surface area contributed by atoms with Gasteiger partial charge in [0.05, 0.1) is 16.8 Å². The summed E-state index contributed by atoms with van der Waals surface area (Å²) in [7, 11) is 0. The Kier molecular flexibility index (Phi) is 4.67. The highest BCUT2D eigenvalue weighted by Crippen LogP contribution is 2.39. The number of ether oxygens (including phenoxy) is 2. The summed E-state index contributed by atoms with van der Waals surface area (Å²) in [4.78, 5) is 18.0. The van der Waals surface area contributed by atoms with Gasteiger partial charge in [0.1, 0.15) is 13.2 Å². The molecule has 1 saturated carbocycles. The number of nitrogens with one attached hydrogen (secondary N) is 2. The van der Waals surface area contributed by atoms with Crippen molar-refractivity contribution in [2.45, 2.75) is 30.7 Å². The summed E-state index contributed by atoms with van der Waals surface area (Å²) in [5.74, 6) is 2.72. The van der Waals surface area contributed by atoms with Crippen LogP contribution in [0.25, 0.3) is 5.65 Å². The molecule has 29 heavy (non-hydrogen) atoms. The van der Waals surface area contributed by atoms with E-state index in [1.54, 1.807) is 22.5 Å². The second-order valence-electron chi connectivity index (χ2n) is 6.91. The molecule has 0 radical (unpaired) electrons. The predicted octanol–water partition coefficient (Wildman–Crippen LogP) is 3.25. The summed E-state index contributed by atoms with van der Waals surface area (Å²) in [5, 5.41) is 11.0. The van der Waals surface area contributed by atoms with Crippen molar-refractivity contribution in [2.24, 2.45) is 0 Å². The average Bonchev–Trinajstić information content (AvgIpc) is 3.44. The summed E-state index contributed by atoms with van der Waals surface area (Å²) in [6.07, 6.45) is 3.65. The number of carbonyl (C=O) groups is 1. The van der Waals surface area contributed by atoms with Crippen molar-refractivity contribution >= 4 is 34.8 Å². The van der Waals surface area contributed by atoms with Gasteiger partial charge in [-0.25, -0.2) is 9.50 Å². The Labute approximate surface area is 172 Å². The minimum atomic E-state index is -0.147. The van der Waals surface area contributed by atoms with E-state index < -0.39 is 0 Å². The fourth-order valence-corrected chi connectivity index (χ4v) is 3.99. The number of thioether (sulfide) groups is 1. The Bertz CT molecular complexity index is 1080. The minimum Gasteiger partial charge on any atom is -0.486 e. The van der Waals surface area contributed by atoms with Gasteiger partial charge in [-0.1, -0.05) is 13.0 Å². The molecule has 5 rings (SSSR count). The van der Waals surface area contributed by atoms with Gasteiger partial charge in [0, 0.05) is 6.04 Å². The first-order valence-corrected chi connectivity index (χ1v) is 10.7. The largest absolute Gasteiger partial charge is 0.486 e. The lowest BCUT2D eigenvalue weighted by atomic mass is 10.2. The topological polar surface area (TPSA) is 89.8 Å². The number of rotatable bonds is 6. The molecule has 9 heteroatoms. The molecule has 1 aliphatic heterocycles. The van der Waals surface area contributed by atoms with Gasteiger partial charge in [0.15, 0.2) is 28.7 Å². The average molecular weight is 411 g/mol. The van der Waals surface area contributed by atoms with Crippen LogP contribution in [-0.4, -0.2) is 45.5 Å². The van der Waals surface area contributed by atoms with Gasteiger partial charge < -0.3 is 20.1 Å². The summed E-state index contributed by atoms with van der Waals surface area (Å²) in [6, 6.07) is 7.92. The van der Waals surface area contributed by atoms with Gasteiger partial charge >= 0.3 is 0 Å². The summed E-state index contributed by atoms with van der Waals surface area (Å²) in [6.45, 7) is 3.12. The van der Waals surface area contributed by atoms with E-state index in [-0.39, 0.29) is 11.9 Å². The molecule has 2 N–H and O–H groups in total. The van der Waals surface area contributed by atoms with Gasteiger partial charge in [-0.2, -0.15) is 0 Å². The predicted molar refractivity (Wildman–Crippen MR) is 111 cm³/mol. The van der Waals surface area contributed by atoms with E-state index in [1.807, 2.05) is 24.3 Å². The maximum atomic E-state index is 12.6. The zero-order valence-corrected chi connectivity index (χ0v) is 16.8. The maximum absolute atomic E-state index is 12.6. The van der Waals surface area contributed by atoms with Crippen LogP contribution in [0.5, 0.6) is 11.5 Å². The molecule has 0 spiro atoms. The number of para-hydroxylation sites is 1. The number of hydrogen-bond donors (Lipinski definition) is 2. The van der Waals surface area contributed by atoms with E-state index in [9.17, 15) is 4.79 Å². The van der Waals surface area contributed by atoms with Crippen LogP contribution in [-0.2, 0) is 0 Å². The van der Waals surface area contributed by atoms with Crippen molar-refractivity contribution in [2.75, 3.05) is 24.3 Å². The van der Waals surface area contributed by atoms with E-state index in [0.717, 1.165) is 29.2 Å². The van der Waals surface area contributed by atoms with Crippen LogP contribution in [0, 0.1) is 0 Å². The fraction of sp³-hybridized carbons (Fsp3) is 0.350. The third-order valence-corrected chi connectivity index (χ3v) is 5.61. The van der Waals surface area contributed by atoms with Crippen molar-refractivity contribution in [3.05, 3.63) is 36.2 Å². The molecule has 0 bridgehead atoms. The van der Waals surface area contributed by atoms with E-state index in [2.05, 4.69) is 27.6 Å². The molecule has 0 atom stereocenters. The van der Waals surface area contributed by atoms with Crippen LogP contribution < -0.4 is 20.1 Å². The molecule has 2 aliphatic rings. The standard InChI is InChI=1S/C20H21N5O3S/c1-2-29-16-10-17(23-13-4-3-5-15-18(13)28-9-8-27-15)24-25-14(11-21-19(16)25)20(26)22-12-6-7-12/h3-5,10-12H,2,6-9H2,1H3,(H,22,26)(H,23,24). The first-order valence-electron chi connectivity index (χ1n) is 9.71. The summed E-state index contributed by atoms with van der Waals surface area (Å²) in [5.41, 5.74) is 1.88. The van der Waals surface area contributed by atoms with Crippen LogP contribution >= 0.6 is 11.8 Å². The molecule has 1 aromatic carbocycles. The molecule has 8 nitrogen and oxygen atoms in total. The second-order valence-corrected chi connectivity index (χ2v) is 8.21. The Morgan fingerprint density at radius 2 is 2.17 bits per heavy atom. The zero-order valence-electron chi connectivity index (χ0n) is 16.0. The van der Waals surface area contributed by atoms with Gasteiger partial charge in [0.2, 0.25) is 0 Å². The lowest BCUT2D eigenvalue weighted by Crippen LogP contribution is -2.27. The number of anilines is 2. The number of hydrogen-bond acceptors (Lipinski definition) is 7. The molecule has 3 aromatic rings. The molecule has 2 aromatic heterocycles. The molecule has 3 heterocycles. The zero-order chi connectivity index (χ0) is 19.8. The van der Waals surface area contributed by atoms with Crippen molar-refractivity contribution in [1.82, 2.24) is 19.9 Å². The first-order chi connectivity index (χ1) is 14.2. The van der Waals surface area contributed by atoms with E-state index in [0.29, 0.717) is 41.9 Å². The van der Waals surface area contributed by atoms with Crippen molar-refractivity contribution in [3.63, 3.8) is 0 Å². The number of benzene rings is 1. The molecule has 150 valence electrons. The normalized spacial score (nSPS) is 15.3. The Hall–Kier alpha value is -2.94. The molecule has 1 fully saturated rings. The molecular formula is C20H21N5O3S. The summed E-state index contributed by atoms with van der Waals surface area (Å²) >= 11 is 1.66. The Morgan fingerprint density at radius 1 is 1.31 bits per heavy atom. The van der Waals surface area contributed by atoms with Crippen molar-refractivity contribution in [3.8, 4) is 11.5 Å². The van der Waals surface area contributed by atoms with Crippen LogP contribution in [0.4, 0.5) is 11.5 Å². The van der Waals surface area contributed by atoms with Crippen LogP contribution in [0.3, 0.4) is 0 Å². The van der Waals surface area contributed by atoms with Crippen LogP contribution in [0.1, 0.15) is 30.3 Å².